The number of carbonyl (C=O) groups is 2. The van der Waals surface area contributed by atoms with Crippen LogP contribution in [0.25, 0.3) is 0 Å². The largest absolute Gasteiger partial charge is 0.299 e. The number of hydrogen-bond donors (Lipinski definition) is 0. The highest BCUT2D eigenvalue weighted by atomic mass is 16.2. The molecule has 3 rings (SSSR count). The quantitative estimate of drug-likeness (QED) is 0.804. The van der Waals surface area contributed by atoms with Crippen molar-refractivity contribution in [2.45, 2.75) is 25.7 Å². The van der Waals surface area contributed by atoms with Crippen molar-refractivity contribution in [3.63, 3.8) is 0 Å². The molecule has 0 N–H and O–H groups in total. The number of benzene rings is 2. The van der Waals surface area contributed by atoms with Crippen molar-refractivity contribution in [2.75, 3.05) is 0 Å². The molecule has 1 aliphatic carbocycles. The molecule has 106 valence electrons. The fourth-order valence-electron chi connectivity index (χ4n) is 3.17. The Balaban J connectivity index is 1.90. The summed E-state index contributed by atoms with van der Waals surface area (Å²) in [5.74, 6) is -0.167. The highest BCUT2D eigenvalue weighted by Gasteiger charge is 2.51. The van der Waals surface area contributed by atoms with Gasteiger partial charge in [0.2, 0.25) is 0 Å². The second-order valence-corrected chi connectivity index (χ2v) is 5.95. The summed E-state index contributed by atoms with van der Waals surface area (Å²) < 4.78 is 0. The van der Waals surface area contributed by atoms with Gasteiger partial charge in [0.05, 0.1) is 11.3 Å². The third kappa shape index (κ3) is 2.42. The van der Waals surface area contributed by atoms with Crippen LogP contribution in [0.1, 0.15) is 30.4 Å². The summed E-state index contributed by atoms with van der Waals surface area (Å²) in [5.41, 5.74) is 1.10. The van der Waals surface area contributed by atoms with Crippen LogP contribution < -0.4 is 0 Å². The van der Waals surface area contributed by atoms with E-state index in [4.69, 9.17) is 0 Å². The minimum absolute atomic E-state index is 0.0579. The van der Waals surface area contributed by atoms with Gasteiger partial charge in [0.25, 0.3) is 0 Å². The number of rotatable bonds is 3. The summed E-state index contributed by atoms with van der Waals surface area (Å²) in [4.78, 5) is 25.3. The minimum atomic E-state index is -0.887. The van der Waals surface area contributed by atoms with Crippen LogP contribution in [0, 0.1) is 5.41 Å². The Labute approximate surface area is 124 Å². The van der Waals surface area contributed by atoms with E-state index in [1.807, 2.05) is 60.7 Å². The maximum atomic E-state index is 12.8. The molecular formula is C19H18O2. The highest BCUT2D eigenvalue weighted by molar-refractivity contribution is 6.16. The van der Waals surface area contributed by atoms with Crippen LogP contribution in [-0.4, -0.2) is 11.6 Å². The summed E-state index contributed by atoms with van der Waals surface area (Å²) >= 11 is 0. The van der Waals surface area contributed by atoms with E-state index in [1.165, 1.54) is 0 Å². The maximum Gasteiger partial charge on any atom is 0.154 e. The molecule has 1 saturated carbocycles. The molecule has 1 fully saturated rings. The predicted octanol–water partition coefficient (Wildman–Crippen LogP) is 3.56. The van der Waals surface area contributed by atoms with E-state index in [1.54, 1.807) is 6.92 Å². The van der Waals surface area contributed by atoms with Crippen LogP contribution in [0.4, 0.5) is 0 Å². The lowest BCUT2D eigenvalue weighted by Gasteiger charge is -2.21. The number of carbonyl (C=O) groups excluding carboxylic acids is 2. The van der Waals surface area contributed by atoms with Crippen molar-refractivity contribution >= 4 is 11.6 Å². The SMILES string of the molecule is C[C@]1(Cc2ccccc2)C(=O)C[C@@H](c2ccccc2)C1=O. The average Bonchev–Trinajstić information content (AvgIpc) is 2.73. The van der Waals surface area contributed by atoms with Crippen LogP contribution in [-0.2, 0) is 16.0 Å². The second kappa shape index (κ2) is 5.28. The van der Waals surface area contributed by atoms with Crippen LogP contribution >= 0.6 is 0 Å². The summed E-state index contributed by atoms with van der Waals surface area (Å²) in [6.07, 6.45) is 0.820. The standard InChI is InChI=1S/C19H18O2/c1-19(13-14-8-4-2-5-9-14)17(20)12-16(18(19)21)15-10-6-3-7-11-15/h2-11,16H,12-13H2,1H3/t16-,19-/m0/s1. The smallest absolute Gasteiger partial charge is 0.154 e. The van der Waals surface area contributed by atoms with Crippen molar-refractivity contribution in [1.29, 1.82) is 0 Å². The Morgan fingerprint density at radius 1 is 0.952 bits per heavy atom. The van der Waals surface area contributed by atoms with Gasteiger partial charge in [0.1, 0.15) is 5.78 Å². The van der Waals surface area contributed by atoms with E-state index < -0.39 is 5.41 Å². The summed E-state index contributed by atoms with van der Waals surface area (Å²) in [5, 5.41) is 0. The molecule has 2 atom stereocenters. The molecule has 2 heteroatoms. The monoisotopic (exact) mass is 278 g/mol. The molecule has 0 heterocycles. The molecule has 0 saturated heterocycles. The molecule has 0 aromatic heterocycles. The summed E-state index contributed by atoms with van der Waals surface area (Å²) in [7, 11) is 0. The molecular weight excluding hydrogens is 260 g/mol. The number of Topliss-reactive ketones (excluding diaryl/α,β-unsaturated/α-hetero) is 2. The minimum Gasteiger partial charge on any atom is -0.299 e. The van der Waals surface area contributed by atoms with Gasteiger partial charge in [-0.3, -0.25) is 9.59 Å². The van der Waals surface area contributed by atoms with Crippen molar-refractivity contribution in [3.05, 3.63) is 71.8 Å². The van der Waals surface area contributed by atoms with Gasteiger partial charge in [0.15, 0.2) is 5.78 Å². The highest BCUT2D eigenvalue weighted by Crippen LogP contribution is 2.42. The molecule has 21 heavy (non-hydrogen) atoms. The third-order valence-electron chi connectivity index (χ3n) is 4.47. The first-order chi connectivity index (χ1) is 10.1. The molecule has 0 aliphatic heterocycles. The molecule has 1 aliphatic rings. The van der Waals surface area contributed by atoms with Crippen molar-refractivity contribution in [1.82, 2.24) is 0 Å². The maximum absolute atomic E-state index is 12.8. The van der Waals surface area contributed by atoms with Gasteiger partial charge in [-0.2, -0.15) is 0 Å². The lowest BCUT2D eigenvalue weighted by atomic mass is 9.79. The zero-order valence-electron chi connectivity index (χ0n) is 12.1. The van der Waals surface area contributed by atoms with Gasteiger partial charge < -0.3 is 0 Å². The zero-order chi connectivity index (χ0) is 14.9. The van der Waals surface area contributed by atoms with Crippen LogP contribution in [0.5, 0.6) is 0 Å². The van der Waals surface area contributed by atoms with Gasteiger partial charge in [-0.15, -0.1) is 0 Å². The molecule has 0 spiro atoms. The van der Waals surface area contributed by atoms with E-state index in [9.17, 15) is 9.59 Å². The first-order valence-corrected chi connectivity index (χ1v) is 7.28. The van der Waals surface area contributed by atoms with Crippen molar-refractivity contribution < 1.29 is 9.59 Å². The van der Waals surface area contributed by atoms with Crippen LogP contribution in [0.2, 0.25) is 0 Å². The Morgan fingerprint density at radius 2 is 1.52 bits per heavy atom. The fraction of sp³-hybridized carbons (Fsp3) is 0.263. The van der Waals surface area contributed by atoms with E-state index >= 15 is 0 Å². The van der Waals surface area contributed by atoms with E-state index in [0.717, 1.165) is 11.1 Å². The first kappa shape index (κ1) is 13.7. The lowest BCUT2D eigenvalue weighted by molar-refractivity contribution is -0.134. The number of hydrogen-bond acceptors (Lipinski definition) is 2. The van der Waals surface area contributed by atoms with Gasteiger partial charge in [0, 0.05) is 6.42 Å². The van der Waals surface area contributed by atoms with E-state index in [-0.39, 0.29) is 17.5 Å². The lowest BCUT2D eigenvalue weighted by Crippen LogP contribution is -2.32. The molecule has 0 bridgehead atoms. The molecule has 2 nitrogen and oxygen atoms in total. The number of ketones is 2. The van der Waals surface area contributed by atoms with Gasteiger partial charge in [-0.05, 0) is 24.5 Å². The second-order valence-electron chi connectivity index (χ2n) is 5.95. The first-order valence-electron chi connectivity index (χ1n) is 7.28. The third-order valence-corrected chi connectivity index (χ3v) is 4.47. The summed E-state index contributed by atoms with van der Waals surface area (Å²) in [6, 6.07) is 19.4. The molecule has 0 unspecified atom stereocenters. The average molecular weight is 278 g/mol. The molecule has 0 amide bonds. The van der Waals surface area contributed by atoms with Gasteiger partial charge >= 0.3 is 0 Å². The van der Waals surface area contributed by atoms with Crippen LogP contribution in [0.3, 0.4) is 0 Å². The van der Waals surface area contributed by atoms with Crippen molar-refractivity contribution in [2.24, 2.45) is 5.41 Å². The summed E-state index contributed by atoms with van der Waals surface area (Å²) in [6.45, 7) is 1.80. The molecule has 0 radical (unpaired) electrons. The Bertz CT molecular complexity index is 660. The molecule has 2 aromatic rings. The van der Waals surface area contributed by atoms with E-state index in [2.05, 4.69) is 0 Å². The fourth-order valence-corrected chi connectivity index (χ4v) is 3.17. The normalized spacial score (nSPS) is 25.3. The molecule has 2 aromatic carbocycles. The Hall–Kier alpha value is -2.22. The van der Waals surface area contributed by atoms with Gasteiger partial charge in [-0.25, -0.2) is 0 Å². The Kier molecular flexibility index (Phi) is 3.46. The zero-order valence-corrected chi connectivity index (χ0v) is 12.1. The van der Waals surface area contributed by atoms with Gasteiger partial charge in [-0.1, -0.05) is 60.7 Å². The van der Waals surface area contributed by atoms with Crippen molar-refractivity contribution in [3.8, 4) is 0 Å². The predicted molar refractivity (Wildman–Crippen MR) is 82.1 cm³/mol. The topological polar surface area (TPSA) is 34.1 Å². The Morgan fingerprint density at radius 3 is 2.14 bits per heavy atom. The van der Waals surface area contributed by atoms with E-state index in [0.29, 0.717) is 12.8 Å². The van der Waals surface area contributed by atoms with Crippen LogP contribution in [0.15, 0.2) is 60.7 Å².